The number of carbonyl (C=O) groups is 6. The van der Waals surface area contributed by atoms with Crippen molar-refractivity contribution < 1.29 is 39.0 Å². The number of amides is 2. The molecule has 242 valence electrons. The maximum absolute atomic E-state index is 14.0. The Bertz CT molecular complexity index is 1640. The van der Waals surface area contributed by atoms with Crippen molar-refractivity contribution >= 4 is 40.6 Å². The summed E-state index contributed by atoms with van der Waals surface area (Å²) < 4.78 is 0. The second kappa shape index (κ2) is 11.9. The molecule has 0 heterocycles. The van der Waals surface area contributed by atoms with Crippen molar-refractivity contribution in [1.82, 2.24) is 0 Å². The van der Waals surface area contributed by atoms with Crippen LogP contribution >= 0.6 is 0 Å². The molecule has 4 aliphatic rings. The Hall–Kier alpha value is -4.18. The molecule has 2 aromatic rings. The van der Waals surface area contributed by atoms with Crippen molar-refractivity contribution in [1.29, 1.82) is 0 Å². The van der Waals surface area contributed by atoms with E-state index in [0.717, 1.165) is 31.2 Å². The Balaban J connectivity index is 1.31. The third-order valence-electron chi connectivity index (χ3n) is 10.9. The fourth-order valence-electron chi connectivity index (χ4n) is 8.72. The smallest absolute Gasteiger partial charge is 0.235 e. The van der Waals surface area contributed by atoms with E-state index in [1.165, 1.54) is 12.5 Å². The van der Waals surface area contributed by atoms with Gasteiger partial charge in [0.2, 0.25) is 11.8 Å². The molecule has 10 nitrogen and oxygen atoms in total. The number of anilines is 1. The minimum atomic E-state index is -2.72. The lowest BCUT2D eigenvalue weighted by molar-refractivity contribution is -0.182. The highest BCUT2D eigenvalue weighted by Crippen LogP contribution is 2.53. The molecule has 4 aliphatic carbocycles. The monoisotopic (exact) mass is 628 g/mol. The number of ketones is 4. The number of Topliss-reactive ketones (excluding diaryl/α,β-unsaturated/α-hetero) is 4. The molecule has 0 saturated heterocycles. The molecule has 0 spiro atoms. The molecule has 6 atom stereocenters. The number of aliphatic hydroxyl groups is 1. The maximum Gasteiger partial charge on any atom is 0.235 e. The Kier molecular flexibility index (Phi) is 8.21. The number of phenolic OH excluding ortho intramolecular Hbond substituents is 1. The zero-order valence-electron chi connectivity index (χ0n) is 26.1. The lowest BCUT2D eigenvalue weighted by Gasteiger charge is -2.52. The number of carbonyl (C=O) groups excluding carboxylic acids is 6. The predicted octanol–water partition coefficient (Wildman–Crippen LogP) is 3.78. The first kappa shape index (κ1) is 31.8. The quantitative estimate of drug-likeness (QED) is 0.349. The Morgan fingerprint density at radius 2 is 1.65 bits per heavy atom. The number of nitrogens with one attached hydrogen (secondary N) is 1. The van der Waals surface area contributed by atoms with Crippen molar-refractivity contribution in [2.24, 2.45) is 47.2 Å². The van der Waals surface area contributed by atoms with Gasteiger partial charge in [0.15, 0.2) is 34.7 Å². The number of rotatable bonds is 6. The van der Waals surface area contributed by atoms with E-state index in [1.54, 1.807) is 32.0 Å². The largest absolute Gasteiger partial charge is 0.507 e. The lowest BCUT2D eigenvalue weighted by atomic mass is 9.49. The minimum absolute atomic E-state index is 0.0188. The van der Waals surface area contributed by atoms with Crippen LogP contribution in [0.15, 0.2) is 36.4 Å². The second-order valence-corrected chi connectivity index (χ2v) is 14.0. The Morgan fingerprint density at radius 1 is 0.978 bits per heavy atom. The van der Waals surface area contributed by atoms with E-state index in [2.05, 4.69) is 5.32 Å². The highest BCUT2D eigenvalue weighted by molar-refractivity contribution is 6.32. The number of aromatic hydroxyl groups is 1. The standard InChI is InChI=1S/C36H40N2O8/c1-17(2)27-24-16-20-15-23-22(19-8-10-21(11-9-19)38-26(40)14-18-6-4-3-5-7-18)12-13-25(39)29(23)32(42)28(20)33(43)36(24,46)34(44)30(31(27)41)35(37)45/h8-13,17-18,20,24,27-28,30,39,46H,3-7,14-16H2,1-2H3,(H2,37,45)(H,38,40)/t20-,24-,27-,28?,30?,36-/m0/s1. The van der Waals surface area contributed by atoms with Gasteiger partial charge in [0.25, 0.3) is 0 Å². The first-order valence-electron chi connectivity index (χ1n) is 16.3. The third kappa shape index (κ3) is 5.07. The van der Waals surface area contributed by atoms with Gasteiger partial charge in [-0.3, -0.25) is 28.8 Å². The van der Waals surface area contributed by atoms with E-state index in [4.69, 9.17) is 5.73 Å². The molecule has 2 amide bonds. The highest BCUT2D eigenvalue weighted by atomic mass is 16.3. The van der Waals surface area contributed by atoms with Gasteiger partial charge < -0.3 is 21.3 Å². The molecule has 0 radical (unpaired) electrons. The molecule has 0 bridgehead atoms. The molecule has 10 heteroatoms. The van der Waals surface area contributed by atoms with Gasteiger partial charge in [-0.25, -0.2) is 0 Å². The van der Waals surface area contributed by atoms with Crippen LogP contribution in [-0.2, 0) is 30.4 Å². The van der Waals surface area contributed by atoms with Crippen molar-refractivity contribution in [2.45, 2.75) is 70.8 Å². The summed E-state index contributed by atoms with van der Waals surface area (Å²) in [6.07, 6.45) is 6.38. The fraction of sp³-hybridized carbons (Fsp3) is 0.500. The van der Waals surface area contributed by atoms with Crippen LogP contribution in [0.1, 0.15) is 74.7 Å². The van der Waals surface area contributed by atoms with E-state index < -0.39 is 70.1 Å². The molecular weight excluding hydrogens is 588 g/mol. The van der Waals surface area contributed by atoms with Gasteiger partial charge in [0.05, 0.1) is 11.5 Å². The van der Waals surface area contributed by atoms with E-state index in [0.29, 0.717) is 29.2 Å². The number of benzene rings is 2. The molecule has 3 saturated carbocycles. The van der Waals surface area contributed by atoms with Crippen LogP contribution in [0.25, 0.3) is 11.1 Å². The number of fused-ring (bicyclic) bond motifs is 3. The summed E-state index contributed by atoms with van der Waals surface area (Å²) >= 11 is 0. The van der Waals surface area contributed by atoms with Gasteiger partial charge in [-0.15, -0.1) is 0 Å². The van der Waals surface area contributed by atoms with Gasteiger partial charge in [-0.2, -0.15) is 0 Å². The summed E-state index contributed by atoms with van der Waals surface area (Å²) in [6.45, 7) is 3.43. The summed E-state index contributed by atoms with van der Waals surface area (Å²) in [6, 6.07) is 10.3. The Morgan fingerprint density at radius 3 is 2.28 bits per heavy atom. The molecular formula is C36H40N2O8. The number of primary amides is 1. The first-order chi connectivity index (χ1) is 21.8. The van der Waals surface area contributed by atoms with E-state index in [-0.39, 0.29) is 30.1 Å². The van der Waals surface area contributed by atoms with Crippen LogP contribution in [0.2, 0.25) is 0 Å². The second-order valence-electron chi connectivity index (χ2n) is 14.0. The molecule has 2 unspecified atom stereocenters. The average molecular weight is 629 g/mol. The van der Waals surface area contributed by atoms with Gasteiger partial charge in [0.1, 0.15) is 5.75 Å². The summed E-state index contributed by atoms with van der Waals surface area (Å²) in [7, 11) is 0. The number of nitrogens with two attached hydrogens (primary N) is 1. The predicted molar refractivity (Wildman–Crippen MR) is 167 cm³/mol. The van der Waals surface area contributed by atoms with Crippen LogP contribution in [0.4, 0.5) is 5.69 Å². The molecule has 5 N–H and O–H groups in total. The molecule has 0 aliphatic heterocycles. The lowest BCUT2D eigenvalue weighted by Crippen LogP contribution is -2.71. The van der Waals surface area contributed by atoms with Crippen LogP contribution in [0, 0.1) is 41.4 Å². The number of hydrogen-bond acceptors (Lipinski definition) is 8. The summed E-state index contributed by atoms with van der Waals surface area (Å²) in [4.78, 5) is 79.7. The third-order valence-corrected chi connectivity index (χ3v) is 10.9. The molecule has 6 rings (SSSR count). The SMILES string of the molecule is CC(C)[C@@H]1C(=O)C(C(N)=O)C(=O)[C@@]2(O)C(=O)C3C(=O)c4c(O)ccc(-c5ccc(NC(=O)CC6CCCCC6)cc5)c4C[C@H]3C[C@@H]12. The summed E-state index contributed by atoms with van der Waals surface area (Å²) in [5.41, 5.74) is 5.20. The molecule has 0 aromatic heterocycles. The Labute approximate surface area is 267 Å². The van der Waals surface area contributed by atoms with E-state index in [9.17, 15) is 39.0 Å². The summed E-state index contributed by atoms with van der Waals surface area (Å²) in [5, 5.41) is 25.6. The van der Waals surface area contributed by atoms with Crippen LogP contribution in [-0.4, -0.2) is 50.8 Å². The van der Waals surface area contributed by atoms with Gasteiger partial charge in [-0.05, 0) is 78.3 Å². The topological polar surface area (TPSA) is 181 Å². The van der Waals surface area contributed by atoms with Crippen LogP contribution < -0.4 is 11.1 Å². The number of hydrogen-bond donors (Lipinski definition) is 4. The van der Waals surface area contributed by atoms with Gasteiger partial charge >= 0.3 is 0 Å². The van der Waals surface area contributed by atoms with E-state index in [1.807, 2.05) is 12.1 Å². The van der Waals surface area contributed by atoms with Crippen molar-refractivity contribution in [2.75, 3.05) is 5.32 Å². The van der Waals surface area contributed by atoms with E-state index >= 15 is 0 Å². The zero-order chi connectivity index (χ0) is 33.1. The van der Waals surface area contributed by atoms with Gasteiger partial charge in [0, 0.05) is 23.9 Å². The fourth-order valence-corrected chi connectivity index (χ4v) is 8.72. The maximum atomic E-state index is 14.0. The van der Waals surface area contributed by atoms with Crippen molar-refractivity contribution in [3.05, 3.63) is 47.5 Å². The zero-order valence-corrected chi connectivity index (χ0v) is 26.1. The van der Waals surface area contributed by atoms with Crippen molar-refractivity contribution in [3.8, 4) is 16.9 Å². The molecule has 3 fully saturated rings. The first-order valence-corrected chi connectivity index (χ1v) is 16.3. The van der Waals surface area contributed by atoms with Crippen molar-refractivity contribution in [3.63, 3.8) is 0 Å². The van der Waals surface area contributed by atoms with Gasteiger partial charge in [-0.1, -0.05) is 51.3 Å². The normalized spacial score (nSPS) is 29.6. The number of phenols is 1. The highest BCUT2D eigenvalue weighted by Gasteiger charge is 2.69. The molecule has 2 aromatic carbocycles. The average Bonchev–Trinajstić information content (AvgIpc) is 3.00. The van der Waals surface area contributed by atoms with Crippen LogP contribution in [0.5, 0.6) is 5.75 Å². The molecule has 46 heavy (non-hydrogen) atoms. The van der Waals surface area contributed by atoms with Crippen LogP contribution in [0.3, 0.4) is 0 Å². The summed E-state index contributed by atoms with van der Waals surface area (Å²) in [5.74, 6) is -11.5. The minimum Gasteiger partial charge on any atom is -0.507 e.